The molecule has 0 unspecified atom stereocenters. The van der Waals surface area contributed by atoms with Gasteiger partial charge in [0.25, 0.3) is 5.56 Å². The monoisotopic (exact) mass is 326 g/mol. The summed E-state index contributed by atoms with van der Waals surface area (Å²) in [5.41, 5.74) is 4.77. The van der Waals surface area contributed by atoms with Crippen molar-refractivity contribution < 1.29 is 0 Å². The van der Waals surface area contributed by atoms with Gasteiger partial charge in [-0.05, 0) is 26.2 Å². The Morgan fingerprint density at radius 1 is 1.29 bits per heavy atom. The van der Waals surface area contributed by atoms with Gasteiger partial charge in [0, 0.05) is 38.3 Å². The number of aliphatic imine (C=N–C) groups is 1. The quantitative estimate of drug-likeness (QED) is 0.890. The fraction of sp³-hybridized carbons (Fsp3) is 0.529. The van der Waals surface area contributed by atoms with E-state index in [9.17, 15) is 4.79 Å². The lowest BCUT2D eigenvalue weighted by Crippen LogP contribution is -2.36. The molecule has 126 valence electrons. The SMILES string of the molecule is Cc1[nH]cnc1CN1CCc2nc(C3=NCCCC3)[nH]c(=O)c2C1. The molecule has 0 saturated heterocycles. The Labute approximate surface area is 140 Å². The third-order valence-corrected chi connectivity index (χ3v) is 4.85. The molecule has 7 heteroatoms. The van der Waals surface area contributed by atoms with E-state index in [1.807, 2.05) is 6.92 Å². The molecule has 4 heterocycles. The van der Waals surface area contributed by atoms with Gasteiger partial charge in [-0.3, -0.25) is 14.7 Å². The molecule has 2 aromatic heterocycles. The van der Waals surface area contributed by atoms with Crippen LogP contribution >= 0.6 is 0 Å². The molecule has 0 saturated carbocycles. The Morgan fingerprint density at radius 2 is 2.21 bits per heavy atom. The molecule has 0 fully saturated rings. The molecule has 0 radical (unpaired) electrons. The standard InChI is InChI=1S/C17H22N6O/c1-11-15(20-10-19-11)9-23-7-5-13-12(8-23)17(24)22-16(21-13)14-4-2-3-6-18-14/h10H,2-9H2,1H3,(H,19,20)(H,21,22,24). The van der Waals surface area contributed by atoms with Crippen molar-refractivity contribution in [3.05, 3.63) is 45.2 Å². The van der Waals surface area contributed by atoms with Crippen LogP contribution in [0.25, 0.3) is 0 Å². The molecular formula is C17H22N6O. The maximum Gasteiger partial charge on any atom is 0.255 e. The molecule has 0 amide bonds. The summed E-state index contributed by atoms with van der Waals surface area (Å²) < 4.78 is 0. The fourth-order valence-corrected chi connectivity index (χ4v) is 3.40. The van der Waals surface area contributed by atoms with E-state index in [1.165, 1.54) is 0 Å². The number of hydrogen-bond donors (Lipinski definition) is 2. The second-order valence-corrected chi connectivity index (χ2v) is 6.56. The molecule has 2 aromatic rings. The van der Waals surface area contributed by atoms with E-state index in [4.69, 9.17) is 4.98 Å². The number of nitrogens with one attached hydrogen (secondary N) is 2. The first-order valence-electron chi connectivity index (χ1n) is 8.57. The maximum atomic E-state index is 12.5. The van der Waals surface area contributed by atoms with Gasteiger partial charge in [0.2, 0.25) is 0 Å². The van der Waals surface area contributed by atoms with Crippen LogP contribution in [-0.4, -0.2) is 43.6 Å². The largest absolute Gasteiger partial charge is 0.348 e. The van der Waals surface area contributed by atoms with E-state index >= 15 is 0 Å². The number of aromatic nitrogens is 4. The minimum absolute atomic E-state index is 0.0216. The minimum Gasteiger partial charge on any atom is -0.348 e. The summed E-state index contributed by atoms with van der Waals surface area (Å²) >= 11 is 0. The van der Waals surface area contributed by atoms with Crippen molar-refractivity contribution in [2.24, 2.45) is 4.99 Å². The van der Waals surface area contributed by atoms with Gasteiger partial charge in [0.1, 0.15) is 0 Å². The topological polar surface area (TPSA) is 90.0 Å². The molecule has 0 aliphatic carbocycles. The zero-order chi connectivity index (χ0) is 16.5. The first kappa shape index (κ1) is 15.3. The van der Waals surface area contributed by atoms with E-state index in [0.29, 0.717) is 12.4 Å². The molecule has 24 heavy (non-hydrogen) atoms. The number of rotatable bonds is 3. The van der Waals surface area contributed by atoms with Crippen LogP contribution in [0.3, 0.4) is 0 Å². The average molecular weight is 326 g/mol. The van der Waals surface area contributed by atoms with Crippen molar-refractivity contribution in [3.8, 4) is 0 Å². The lowest BCUT2D eigenvalue weighted by Gasteiger charge is -2.27. The molecule has 0 aromatic carbocycles. The molecule has 0 atom stereocenters. The maximum absolute atomic E-state index is 12.5. The van der Waals surface area contributed by atoms with Gasteiger partial charge in [-0.2, -0.15) is 0 Å². The van der Waals surface area contributed by atoms with Gasteiger partial charge in [-0.1, -0.05) is 0 Å². The molecule has 4 rings (SSSR count). The number of imidazole rings is 1. The molecule has 2 aliphatic rings. The van der Waals surface area contributed by atoms with Gasteiger partial charge < -0.3 is 9.97 Å². The van der Waals surface area contributed by atoms with Crippen molar-refractivity contribution in [1.82, 2.24) is 24.8 Å². The number of aryl methyl sites for hydroxylation is 1. The molecular weight excluding hydrogens is 304 g/mol. The predicted molar refractivity (Wildman–Crippen MR) is 91.3 cm³/mol. The Balaban J connectivity index is 1.57. The Hall–Kier alpha value is -2.28. The Bertz CT molecular complexity index is 834. The van der Waals surface area contributed by atoms with Gasteiger partial charge >= 0.3 is 0 Å². The third kappa shape index (κ3) is 2.91. The van der Waals surface area contributed by atoms with Crippen LogP contribution in [0.2, 0.25) is 0 Å². The molecule has 0 spiro atoms. The van der Waals surface area contributed by atoms with Crippen molar-refractivity contribution in [3.63, 3.8) is 0 Å². The second kappa shape index (κ2) is 6.32. The fourth-order valence-electron chi connectivity index (χ4n) is 3.40. The molecule has 7 nitrogen and oxygen atoms in total. The van der Waals surface area contributed by atoms with Crippen LogP contribution in [0.5, 0.6) is 0 Å². The number of fused-ring (bicyclic) bond motifs is 1. The third-order valence-electron chi connectivity index (χ3n) is 4.85. The van der Waals surface area contributed by atoms with E-state index in [0.717, 1.165) is 73.7 Å². The van der Waals surface area contributed by atoms with Crippen LogP contribution in [0.15, 0.2) is 16.1 Å². The predicted octanol–water partition coefficient (Wildman–Crippen LogP) is 1.33. The zero-order valence-electron chi connectivity index (χ0n) is 13.9. The second-order valence-electron chi connectivity index (χ2n) is 6.56. The summed E-state index contributed by atoms with van der Waals surface area (Å²) in [5, 5.41) is 0. The normalized spacial score (nSPS) is 18.3. The van der Waals surface area contributed by atoms with Crippen molar-refractivity contribution in [2.75, 3.05) is 13.1 Å². The van der Waals surface area contributed by atoms with E-state index in [2.05, 4.69) is 24.8 Å². The van der Waals surface area contributed by atoms with E-state index in [-0.39, 0.29) is 5.56 Å². The average Bonchev–Trinajstić information content (AvgIpc) is 3.01. The lowest BCUT2D eigenvalue weighted by molar-refractivity contribution is 0.238. The summed E-state index contributed by atoms with van der Waals surface area (Å²) in [6, 6.07) is 0. The number of hydrogen-bond acceptors (Lipinski definition) is 5. The van der Waals surface area contributed by atoms with Crippen LogP contribution in [0.1, 0.15) is 47.7 Å². The van der Waals surface area contributed by atoms with Gasteiger partial charge in [-0.25, -0.2) is 9.97 Å². The van der Waals surface area contributed by atoms with Crippen LogP contribution in [0.4, 0.5) is 0 Å². The van der Waals surface area contributed by atoms with E-state index < -0.39 is 0 Å². The summed E-state index contributed by atoms with van der Waals surface area (Å²) in [4.78, 5) is 34.4. The van der Waals surface area contributed by atoms with Crippen molar-refractivity contribution >= 4 is 5.71 Å². The highest BCUT2D eigenvalue weighted by Gasteiger charge is 2.23. The van der Waals surface area contributed by atoms with Crippen LogP contribution in [0, 0.1) is 6.92 Å². The Morgan fingerprint density at radius 3 is 2.96 bits per heavy atom. The molecule has 2 N–H and O–H groups in total. The highest BCUT2D eigenvalue weighted by molar-refractivity contribution is 5.97. The van der Waals surface area contributed by atoms with Crippen LogP contribution < -0.4 is 5.56 Å². The lowest BCUT2D eigenvalue weighted by atomic mass is 10.0. The highest BCUT2D eigenvalue weighted by Crippen LogP contribution is 2.18. The smallest absolute Gasteiger partial charge is 0.255 e. The number of H-pyrrole nitrogens is 2. The summed E-state index contributed by atoms with van der Waals surface area (Å²) in [7, 11) is 0. The highest BCUT2D eigenvalue weighted by atomic mass is 16.1. The first-order valence-corrected chi connectivity index (χ1v) is 8.57. The van der Waals surface area contributed by atoms with Crippen molar-refractivity contribution in [2.45, 2.75) is 45.7 Å². The van der Waals surface area contributed by atoms with Crippen LogP contribution in [-0.2, 0) is 19.5 Å². The summed E-state index contributed by atoms with van der Waals surface area (Å²) in [5.74, 6) is 0.676. The Kier molecular flexibility index (Phi) is 4.02. The number of nitrogens with zero attached hydrogens (tertiary/aromatic N) is 4. The summed E-state index contributed by atoms with van der Waals surface area (Å²) in [6.07, 6.45) is 5.67. The molecule has 2 aliphatic heterocycles. The van der Waals surface area contributed by atoms with Gasteiger partial charge in [0.05, 0.1) is 29.0 Å². The molecule has 0 bridgehead atoms. The van der Waals surface area contributed by atoms with E-state index in [1.54, 1.807) is 6.33 Å². The van der Waals surface area contributed by atoms with Crippen molar-refractivity contribution in [1.29, 1.82) is 0 Å². The zero-order valence-corrected chi connectivity index (χ0v) is 13.9. The number of aromatic amines is 2. The van der Waals surface area contributed by atoms with Gasteiger partial charge in [-0.15, -0.1) is 0 Å². The first-order chi connectivity index (χ1) is 11.7. The van der Waals surface area contributed by atoms with Gasteiger partial charge in [0.15, 0.2) is 5.82 Å². The summed E-state index contributed by atoms with van der Waals surface area (Å²) in [6.45, 7) is 5.12. The minimum atomic E-state index is -0.0216.